The molecule has 1 spiro atoms. The first kappa shape index (κ1) is 18.1. The van der Waals surface area contributed by atoms with Crippen molar-refractivity contribution in [2.24, 2.45) is 12.5 Å². The number of anilines is 1. The van der Waals surface area contributed by atoms with E-state index in [0.29, 0.717) is 32.4 Å². The molecule has 2 aliphatic heterocycles. The molecule has 2 aromatic heterocycles. The number of rotatable bonds is 3. The number of aromatic nitrogens is 2. The first-order valence-corrected chi connectivity index (χ1v) is 9.81. The minimum Gasteiger partial charge on any atom is -0.337 e. The fraction of sp³-hybridized carbons (Fsp3) is 0.500. The van der Waals surface area contributed by atoms with E-state index >= 15 is 0 Å². The summed E-state index contributed by atoms with van der Waals surface area (Å²) in [6, 6.07) is 1.91. The lowest BCUT2D eigenvalue weighted by atomic mass is 9.78. The summed E-state index contributed by atoms with van der Waals surface area (Å²) >= 11 is 1.53. The molecule has 2 fully saturated rings. The van der Waals surface area contributed by atoms with E-state index in [1.165, 1.54) is 29.3 Å². The highest BCUT2D eigenvalue weighted by molar-refractivity contribution is 7.08. The van der Waals surface area contributed by atoms with E-state index in [1.54, 1.807) is 9.80 Å². The van der Waals surface area contributed by atoms with E-state index in [2.05, 4.69) is 5.10 Å². The summed E-state index contributed by atoms with van der Waals surface area (Å²) < 4.78 is 27.7. The minimum atomic E-state index is -2.81. The maximum Gasteiger partial charge on any atom is 0.282 e. The van der Waals surface area contributed by atoms with E-state index in [9.17, 15) is 18.4 Å². The van der Waals surface area contributed by atoms with E-state index in [-0.39, 0.29) is 18.0 Å². The molecule has 0 bridgehead atoms. The quantitative estimate of drug-likeness (QED) is 0.804. The van der Waals surface area contributed by atoms with Crippen molar-refractivity contribution in [2.75, 3.05) is 24.5 Å². The van der Waals surface area contributed by atoms with Crippen LogP contribution in [0.5, 0.6) is 0 Å². The predicted molar refractivity (Wildman–Crippen MR) is 97.0 cm³/mol. The zero-order chi connectivity index (χ0) is 19.2. The number of piperidine rings is 1. The van der Waals surface area contributed by atoms with Crippen molar-refractivity contribution in [1.29, 1.82) is 0 Å². The van der Waals surface area contributed by atoms with E-state index in [4.69, 9.17) is 0 Å². The third-order valence-corrected chi connectivity index (χ3v) is 6.16. The summed E-state index contributed by atoms with van der Waals surface area (Å²) in [4.78, 5) is 29.4. The van der Waals surface area contributed by atoms with Crippen LogP contribution < -0.4 is 4.90 Å². The van der Waals surface area contributed by atoms with Gasteiger partial charge in [0.25, 0.3) is 12.3 Å². The number of carbonyl (C=O) groups is 2. The standard InChI is InChI=1S/C18H20F2N4O2S/c1-22-9-13(14(21-22)15(19)20)16(25)23-6-2-4-18(11-23)5-7-24(17(18)26)12-3-8-27-10-12/h3,8-10,15H,2,4-7,11H2,1H3/t18-/m1/s1. The molecular weight excluding hydrogens is 374 g/mol. The Balaban J connectivity index is 1.57. The molecule has 144 valence electrons. The highest BCUT2D eigenvalue weighted by atomic mass is 32.1. The van der Waals surface area contributed by atoms with Gasteiger partial charge in [0.2, 0.25) is 5.91 Å². The minimum absolute atomic E-state index is 0.0265. The number of alkyl halides is 2. The number of carbonyl (C=O) groups excluding carboxylic acids is 2. The average Bonchev–Trinajstić information content (AvgIpc) is 3.36. The molecule has 2 aliphatic rings. The molecule has 0 unspecified atom stereocenters. The van der Waals surface area contributed by atoms with Crippen LogP contribution in [0.2, 0.25) is 0 Å². The summed E-state index contributed by atoms with van der Waals surface area (Å²) in [6.07, 6.45) is 0.579. The van der Waals surface area contributed by atoms with Gasteiger partial charge in [-0.05, 0) is 30.7 Å². The number of nitrogens with zero attached hydrogens (tertiary/aromatic N) is 4. The van der Waals surface area contributed by atoms with Crippen molar-refractivity contribution in [1.82, 2.24) is 14.7 Å². The molecule has 0 aromatic carbocycles. The molecule has 2 amide bonds. The first-order chi connectivity index (χ1) is 12.9. The van der Waals surface area contributed by atoms with Gasteiger partial charge in [-0.1, -0.05) is 0 Å². The van der Waals surface area contributed by atoms with Crippen molar-refractivity contribution < 1.29 is 18.4 Å². The van der Waals surface area contributed by atoms with Gasteiger partial charge in [-0.2, -0.15) is 16.4 Å². The number of hydrogen-bond acceptors (Lipinski definition) is 4. The van der Waals surface area contributed by atoms with Gasteiger partial charge in [-0.3, -0.25) is 14.3 Å². The van der Waals surface area contributed by atoms with Crippen LogP contribution in [0.1, 0.15) is 41.7 Å². The largest absolute Gasteiger partial charge is 0.337 e. The molecule has 4 rings (SSSR count). The lowest BCUT2D eigenvalue weighted by Crippen LogP contribution is -2.50. The van der Waals surface area contributed by atoms with Crippen LogP contribution in [0.25, 0.3) is 0 Å². The number of thiophene rings is 1. The molecule has 0 N–H and O–H groups in total. The molecule has 6 nitrogen and oxygen atoms in total. The van der Waals surface area contributed by atoms with Crippen LogP contribution in [0, 0.1) is 5.41 Å². The summed E-state index contributed by atoms with van der Waals surface area (Å²) in [6.45, 7) is 1.35. The number of amides is 2. The van der Waals surface area contributed by atoms with Crippen molar-refractivity contribution in [2.45, 2.75) is 25.7 Å². The molecule has 0 radical (unpaired) electrons. The predicted octanol–water partition coefficient (Wildman–Crippen LogP) is 3.08. The smallest absolute Gasteiger partial charge is 0.282 e. The van der Waals surface area contributed by atoms with Crippen LogP contribution in [-0.2, 0) is 11.8 Å². The van der Waals surface area contributed by atoms with Crippen molar-refractivity contribution in [3.8, 4) is 0 Å². The van der Waals surface area contributed by atoms with Crippen LogP contribution in [0.4, 0.5) is 14.5 Å². The molecule has 0 aliphatic carbocycles. The van der Waals surface area contributed by atoms with E-state index in [1.807, 2.05) is 16.8 Å². The van der Waals surface area contributed by atoms with Gasteiger partial charge in [0.1, 0.15) is 5.69 Å². The highest BCUT2D eigenvalue weighted by Gasteiger charge is 2.50. The van der Waals surface area contributed by atoms with Crippen molar-refractivity contribution in [3.05, 3.63) is 34.3 Å². The Morgan fingerprint density at radius 2 is 2.15 bits per heavy atom. The van der Waals surface area contributed by atoms with Gasteiger partial charge < -0.3 is 9.80 Å². The number of likely N-dealkylation sites (tertiary alicyclic amines) is 1. The molecule has 9 heteroatoms. The summed E-state index contributed by atoms with van der Waals surface area (Å²) in [5.74, 6) is -0.446. The van der Waals surface area contributed by atoms with Gasteiger partial charge >= 0.3 is 0 Å². The summed E-state index contributed by atoms with van der Waals surface area (Å²) in [5, 5.41) is 7.59. The van der Waals surface area contributed by atoms with Gasteiger partial charge in [-0.25, -0.2) is 8.78 Å². The van der Waals surface area contributed by atoms with Gasteiger partial charge in [-0.15, -0.1) is 0 Å². The third-order valence-electron chi connectivity index (χ3n) is 5.49. The van der Waals surface area contributed by atoms with E-state index < -0.39 is 23.4 Å². The van der Waals surface area contributed by atoms with Crippen LogP contribution in [0.3, 0.4) is 0 Å². The topological polar surface area (TPSA) is 58.4 Å². The molecule has 27 heavy (non-hydrogen) atoms. The van der Waals surface area contributed by atoms with Gasteiger partial charge in [0.15, 0.2) is 0 Å². The maximum absolute atomic E-state index is 13.2. The molecular formula is C18H20F2N4O2S. The van der Waals surface area contributed by atoms with Crippen molar-refractivity contribution >= 4 is 28.8 Å². The number of aryl methyl sites for hydroxylation is 1. The second kappa shape index (κ2) is 6.70. The lowest BCUT2D eigenvalue weighted by molar-refractivity contribution is -0.127. The monoisotopic (exact) mass is 394 g/mol. The van der Waals surface area contributed by atoms with Crippen LogP contribution in [-0.4, -0.2) is 46.1 Å². The Morgan fingerprint density at radius 3 is 2.85 bits per heavy atom. The zero-order valence-electron chi connectivity index (χ0n) is 14.9. The number of hydrogen-bond donors (Lipinski definition) is 0. The second-order valence-corrected chi connectivity index (χ2v) is 7.98. The summed E-state index contributed by atoms with van der Waals surface area (Å²) in [7, 11) is 1.51. The Bertz CT molecular complexity index is 867. The highest BCUT2D eigenvalue weighted by Crippen LogP contribution is 2.42. The maximum atomic E-state index is 13.2. The van der Waals surface area contributed by atoms with Gasteiger partial charge in [0.05, 0.1) is 16.7 Å². The Labute approximate surface area is 159 Å². The lowest BCUT2D eigenvalue weighted by Gasteiger charge is -2.39. The zero-order valence-corrected chi connectivity index (χ0v) is 15.7. The summed E-state index contributed by atoms with van der Waals surface area (Å²) in [5.41, 5.74) is -0.315. The SMILES string of the molecule is Cn1cc(C(=O)N2CCC[C@@]3(CCN(c4ccsc4)C3=O)C2)c(C(F)F)n1. The molecule has 2 saturated heterocycles. The van der Waals surface area contributed by atoms with E-state index in [0.717, 1.165) is 5.69 Å². The average molecular weight is 394 g/mol. The molecule has 2 aromatic rings. The fourth-order valence-electron chi connectivity index (χ4n) is 4.16. The van der Waals surface area contributed by atoms with Crippen LogP contribution in [0.15, 0.2) is 23.0 Å². The van der Waals surface area contributed by atoms with Crippen LogP contribution >= 0.6 is 11.3 Å². The van der Waals surface area contributed by atoms with Crippen molar-refractivity contribution in [3.63, 3.8) is 0 Å². The third kappa shape index (κ3) is 3.03. The number of halogens is 2. The molecule has 0 saturated carbocycles. The fourth-order valence-corrected chi connectivity index (χ4v) is 4.81. The first-order valence-electron chi connectivity index (χ1n) is 8.86. The molecule has 1 atom stereocenters. The Morgan fingerprint density at radius 1 is 1.33 bits per heavy atom. The molecule has 4 heterocycles. The Hall–Kier alpha value is -2.29. The second-order valence-electron chi connectivity index (χ2n) is 7.20. The van der Waals surface area contributed by atoms with Gasteiger partial charge in [0, 0.05) is 38.3 Å². The normalized spacial score (nSPS) is 23.0. The Kier molecular flexibility index (Phi) is 4.49.